The van der Waals surface area contributed by atoms with Crippen LogP contribution in [0.3, 0.4) is 0 Å². The molecule has 7 nitrogen and oxygen atoms in total. The lowest BCUT2D eigenvalue weighted by molar-refractivity contribution is -0.135. The summed E-state index contributed by atoms with van der Waals surface area (Å²) in [5, 5.41) is 10.3. The number of aliphatic hydroxyl groups excluding tert-OH is 1. The summed E-state index contributed by atoms with van der Waals surface area (Å²) in [5.41, 5.74) is -2.41. The third kappa shape index (κ3) is 9.93. The van der Waals surface area contributed by atoms with Gasteiger partial charge in [0.05, 0.1) is 12.2 Å². The zero-order valence-electron chi connectivity index (χ0n) is 17.3. The zero-order chi connectivity index (χ0) is 21.0. The van der Waals surface area contributed by atoms with E-state index in [1.807, 2.05) is 20.8 Å². The van der Waals surface area contributed by atoms with Crippen molar-refractivity contribution in [3.63, 3.8) is 0 Å². The molecule has 0 aliphatic rings. The molecule has 0 saturated carbocycles. The first kappa shape index (κ1) is 25.4. The second-order valence-corrected chi connectivity index (χ2v) is 10.7. The Morgan fingerprint density at radius 2 is 1.50 bits per heavy atom. The topological polar surface area (TPSA) is 110 Å². The SMILES string of the molecule is CC(C)(C)OP(=O)(O)OCC(C)(C)C(O)C(=O)CCCC(=O)C(C)(C)C. The lowest BCUT2D eigenvalue weighted by Gasteiger charge is -2.31. The van der Waals surface area contributed by atoms with Crippen LogP contribution >= 0.6 is 7.82 Å². The Kier molecular flexibility index (Phi) is 8.86. The van der Waals surface area contributed by atoms with E-state index in [0.29, 0.717) is 6.42 Å². The molecule has 0 radical (unpaired) electrons. The number of Topliss-reactive ketones (excluding diaryl/α,β-unsaturated/α-hetero) is 2. The summed E-state index contributed by atoms with van der Waals surface area (Å²) in [6.07, 6.45) is -0.692. The first-order valence-electron chi connectivity index (χ1n) is 8.79. The van der Waals surface area contributed by atoms with Gasteiger partial charge >= 0.3 is 7.82 Å². The molecule has 0 aliphatic heterocycles. The minimum atomic E-state index is -4.30. The largest absolute Gasteiger partial charge is 0.472 e. The van der Waals surface area contributed by atoms with Crippen molar-refractivity contribution >= 4 is 19.4 Å². The van der Waals surface area contributed by atoms with Gasteiger partial charge < -0.3 is 10.00 Å². The van der Waals surface area contributed by atoms with Gasteiger partial charge in [0.15, 0.2) is 5.78 Å². The maximum Gasteiger partial charge on any atom is 0.472 e. The number of aliphatic hydroxyl groups is 1. The van der Waals surface area contributed by atoms with Crippen molar-refractivity contribution in [3.05, 3.63) is 0 Å². The Labute approximate surface area is 157 Å². The van der Waals surface area contributed by atoms with Gasteiger partial charge in [-0.25, -0.2) is 4.57 Å². The first-order valence-corrected chi connectivity index (χ1v) is 10.3. The fraction of sp³-hybridized carbons (Fsp3) is 0.889. The Morgan fingerprint density at radius 3 is 1.92 bits per heavy atom. The van der Waals surface area contributed by atoms with E-state index < -0.39 is 36.1 Å². The van der Waals surface area contributed by atoms with Crippen LogP contribution in [0.15, 0.2) is 0 Å². The van der Waals surface area contributed by atoms with Crippen molar-refractivity contribution in [2.75, 3.05) is 6.61 Å². The van der Waals surface area contributed by atoms with E-state index in [2.05, 4.69) is 0 Å². The molecule has 0 aromatic rings. The summed E-state index contributed by atoms with van der Waals surface area (Å²) in [7, 11) is -4.30. The van der Waals surface area contributed by atoms with E-state index in [1.54, 1.807) is 34.6 Å². The van der Waals surface area contributed by atoms with E-state index in [0.717, 1.165) is 0 Å². The molecule has 0 aromatic heterocycles. The molecule has 0 spiro atoms. The van der Waals surface area contributed by atoms with E-state index in [-0.39, 0.29) is 25.2 Å². The highest BCUT2D eigenvalue weighted by atomic mass is 31.2. The fourth-order valence-electron chi connectivity index (χ4n) is 2.07. The molecule has 0 aliphatic carbocycles. The maximum absolute atomic E-state index is 12.2. The molecule has 2 N–H and O–H groups in total. The van der Waals surface area contributed by atoms with Crippen molar-refractivity contribution < 1.29 is 33.2 Å². The van der Waals surface area contributed by atoms with E-state index in [1.165, 1.54) is 0 Å². The molecule has 2 unspecified atom stereocenters. The number of hydrogen-bond donors (Lipinski definition) is 2. The third-order valence-electron chi connectivity index (χ3n) is 3.70. The van der Waals surface area contributed by atoms with Crippen molar-refractivity contribution in [3.8, 4) is 0 Å². The van der Waals surface area contributed by atoms with Crippen LogP contribution in [0.5, 0.6) is 0 Å². The normalized spacial score (nSPS) is 16.8. The number of hydrogen-bond acceptors (Lipinski definition) is 6. The van der Waals surface area contributed by atoms with Gasteiger partial charge in [-0.3, -0.25) is 18.6 Å². The Hall–Kier alpha value is -0.590. The van der Waals surface area contributed by atoms with Gasteiger partial charge in [-0.05, 0) is 27.2 Å². The molecule has 26 heavy (non-hydrogen) atoms. The quantitative estimate of drug-likeness (QED) is 0.544. The predicted octanol–water partition coefficient (Wildman–Crippen LogP) is 3.66. The van der Waals surface area contributed by atoms with Crippen LogP contribution < -0.4 is 0 Å². The van der Waals surface area contributed by atoms with Crippen molar-refractivity contribution in [2.24, 2.45) is 10.8 Å². The third-order valence-corrected chi connectivity index (χ3v) is 4.93. The molecule has 0 aromatic carbocycles. The van der Waals surface area contributed by atoms with Gasteiger partial charge in [0.1, 0.15) is 11.9 Å². The van der Waals surface area contributed by atoms with E-state index in [9.17, 15) is 24.2 Å². The molecule has 0 rings (SSSR count). The van der Waals surface area contributed by atoms with Crippen molar-refractivity contribution in [2.45, 2.75) is 86.4 Å². The summed E-state index contributed by atoms with van der Waals surface area (Å²) in [5.74, 6) is -0.368. The molecule has 0 bridgehead atoms. The molecular formula is C18H35O7P. The smallest absolute Gasteiger partial charge is 0.385 e. The highest BCUT2D eigenvalue weighted by Gasteiger charge is 2.37. The minimum Gasteiger partial charge on any atom is -0.385 e. The second kappa shape index (κ2) is 9.07. The predicted molar refractivity (Wildman–Crippen MR) is 99.7 cm³/mol. The Balaban J connectivity index is 4.61. The summed E-state index contributed by atoms with van der Waals surface area (Å²) in [6, 6.07) is 0. The van der Waals surface area contributed by atoms with Crippen LogP contribution in [-0.2, 0) is 23.2 Å². The number of ketones is 2. The zero-order valence-corrected chi connectivity index (χ0v) is 18.2. The van der Waals surface area contributed by atoms with Gasteiger partial charge in [-0.1, -0.05) is 34.6 Å². The fourth-order valence-corrected chi connectivity index (χ4v) is 3.31. The number of phosphoric ester groups is 1. The lowest BCUT2D eigenvalue weighted by Crippen LogP contribution is -2.40. The summed E-state index contributed by atoms with van der Waals surface area (Å²) in [6.45, 7) is 13.1. The Bertz CT molecular complexity index is 541. The summed E-state index contributed by atoms with van der Waals surface area (Å²) < 4.78 is 21.8. The number of phosphoric acid groups is 1. The highest BCUT2D eigenvalue weighted by molar-refractivity contribution is 7.47. The van der Waals surface area contributed by atoms with Crippen molar-refractivity contribution in [1.29, 1.82) is 0 Å². The molecule has 154 valence electrons. The summed E-state index contributed by atoms with van der Waals surface area (Å²) >= 11 is 0. The number of rotatable bonds is 10. The van der Waals surface area contributed by atoms with E-state index in [4.69, 9.17) is 9.05 Å². The van der Waals surface area contributed by atoms with Gasteiger partial charge in [-0.2, -0.15) is 0 Å². The van der Waals surface area contributed by atoms with Crippen LogP contribution in [-0.4, -0.2) is 39.9 Å². The molecule has 2 atom stereocenters. The van der Waals surface area contributed by atoms with Crippen LogP contribution in [0, 0.1) is 10.8 Å². The molecule has 0 fully saturated rings. The molecule has 0 amide bonds. The van der Waals surface area contributed by atoms with Crippen LogP contribution in [0.25, 0.3) is 0 Å². The van der Waals surface area contributed by atoms with Crippen LogP contribution in [0.1, 0.15) is 74.7 Å². The van der Waals surface area contributed by atoms with Gasteiger partial charge in [0.25, 0.3) is 0 Å². The van der Waals surface area contributed by atoms with Crippen LogP contribution in [0.4, 0.5) is 0 Å². The molecular weight excluding hydrogens is 359 g/mol. The molecule has 0 saturated heterocycles. The number of carbonyl (C=O) groups is 2. The molecule has 8 heteroatoms. The summed E-state index contributed by atoms with van der Waals surface area (Å²) in [4.78, 5) is 33.8. The highest BCUT2D eigenvalue weighted by Crippen LogP contribution is 2.48. The first-order chi connectivity index (χ1) is 11.4. The Morgan fingerprint density at radius 1 is 1.00 bits per heavy atom. The van der Waals surface area contributed by atoms with Gasteiger partial charge in [0.2, 0.25) is 0 Å². The van der Waals surface area contributed by atoms with Crippen LogP contribution in [0.2, 0.25) is 0 Å². The molecule has 0 heterocycles. The van der Waals surface area contributed by atoms with Crippen molar-refractivity contribution in [1.82, 2.24) is 0 Å². The van der Waals surface area contributed by atoms with Gasteiger partial charge in [0, 0.05) is 23.7 Å². The maximum atomic E-state index is 12.2. The van der Waals surface area contributed by atoms with E-state index >= 15 is 0 Å². The monoisotopic (exact) mass is 394 g/mol. The average molecular weight is 394 g/mol. The number of carbonyl (C=O) groups excluding carboxylic acids is 2. The second-order valence-electron chi connectivity index (χ2n) is 9.33. The standard InChI is InChI=1S/C18H35O7P/c1-16(2,3)14(20)11-9-10-13(19)15(21)18(7,8)12-24-26(22,23)25-17(4,5)6/h15,21H,9-12H2,1-8H3,(H,22,23). The van der Waals surface area contributed by atoms with Gasteiger partial charge in [-0.15, -0.1) is 0 Å². The lowest BCUT2D eigenvalue weighted by atomic mass is 9.83. The minimum absolute atomic E-state index is 0.0572. The average Bonchev–Trinajstić information content (AvgIpc) is 2.40.